The predicted molar refractivity (Wildman–Crippen MR) is 59.0 cm³/mol. The molecule has 4 heteroatoms. The van der Waals surface area contributed by atoms with E-state index in [9.17, 15) is 5.11 Å². The molecular formula is C12H21NO3. The molecule has 1 aliphatic carbocycles. The van der Waals surface area contributed by atoms with Crippen molar-refractivity contribution in [1.82, 2.24) is 5.32 Å². The Bertz CT molecular complexity index is 277. The van der Waals surface area contributed by atoms with E-state index in [1.165, 1.54) is 0 Å². The molecule has 3 unspecified atom stereocenters. The highest BCUT2D eigenvalue weighted by molar-refractivity contribution is 5.04. The highest BCUT2D eigenvalue weighted by Gasteiger charge is 2.56. The van der Waals surface area contributed by atoms with Crippen LogP contribution in [0.3, 0.4) is 0 Å². The summed E-state index contributed by atoms with van der Waals surface area (Å²) in [4.78, 5) is 0. The number of aliphatic hydroxyl groups excluding tert-OH is 1. The molecule has 2 spiro atoms. The van der Waals surface area contributed by atoms with Crippen molar-refractivity contribution in [3.63, 3.8) is 0 Å². The molecule has 0 aromatic rings. The summed E-state index contributed by atoms with van der Waals surface area (Å²) in [7, 11) is 0. The van der Waals surface area contributed by atoms with Gasteiger partial charge in [-0.25, -0.2) is 0 Å². The lowest BCUT2D eigenvalue weighted by Crippen LogP contribution is -2.53. The summed E-state index contributed by atoms with van der Waals surface area (Å²) in [5.74, 6) is 0.104. The van der Waals surface area contributed by atoms with Gasteiger partial charge < -0.3 is 19.9 Å². The van der Waals surface area contributed by atoms with E-state index in [4.69, 9.17) is 9.47 Å². The summed E-state index contributed by atoms with van der Waals surface area (Å²) in [5.41, 5.74) is -0.0391. The van der Waals surface area contributed by atoms with Gasteiger partial charge in [-0.05, 0) is 18.9 Å². The maximum atomic E-state index is 10.3. The molecule has 16 heavy (non-hydrogen) atoms. The van der Waals surface area contributed by atoms with Crippen LogP contribution in [0.5, 0.6) is 0 Å². The number of hydrogen-bond donors (Lipinski definition) is 2. The molecule has 3 aliphatic rings. The summed E-state index contributed by atoms with van der Waals surface area (Å²) < 4.78 is 11.6. The Labute approximate surface area is 96.3 Å². The van der Waals surface area contributed by atoms with Crippen LogP contribution in [-0.4, -0.2) is 43.3 Å². The zero-order chi connectivity index (χ0) is 11.2. The Balaban J connectivity index is 1.86. The maximum Gasteiger partial charge on any atom is 0.169 e. The fourth-order valence-electron chi connectivity index (χ4n) is 3.68. The van der Waals surface area contributed by atoms with Crippen molar-refractivity contribution in [1.29, 1.82) is 0 Å². The highest BCUT2D eigenvalue weighted by Crippen LogP contribution is 2.50. The van der Waals surface area contributed by atoms with E-state index in [1.54, 1.807) is 0 Å². The molecule has 4 nitrogen and oxygen atoms in total. The topological polar surface area (TPSA) is 50.7 Å². The van der Waals surface area contributed by atoms with Gasteiger partial charge in [0, 0.05) is 24.8 Å². The van der Waals surface area contributed by atoms with Crippen LogP contribution in [0, 0.1) is 11.3 Å². The van der Waals surface area contributed by atoms with Crippen LogP contribution in [0.1, 0.15) is 26.2 Å². The van der Waals surface area contributed by atoms with Crippen molar-refractivity contribution in [2.24, 2.45) is 11.3 Å². The van der Waals surface area contributed by atoms with E-state index in [-0.39, 0.29) is 17.3 Å². The van der Waals surface area contributed by atoms with E-state index in [1.807, 2.05) is 0 Å². The Kier molecular flexibility index (Phi) is 2.51. The average molecular weight is 227 g/mol. The first-order chi connectivity index (χ1) is 7.67. The van der Waals surface area contributed by atoms with Crippen molar-refractivity contribution in [2.75, 3.05) is 26.3 Å². The molecular weight excluding hydrogens is 206 g/mol. The molecule has 2 aliphatic heterocycles. The van der Waals surface area contributed by atoms with Crippen molar-refractivity contribution >= 4 is 0 Å². The molecule has 3 fully saturated rings. The Morgan fingerprint density at radius 2 is 2.06 bits per heavy atom. The highest BCUT2D eigenvalue weighted by atomic mass is 16.7. The van der Waals surface area contributed by atoms with Crippen molar-refractivity contribution in [3.05, 3.63) is 0 Å². The average Bonchev–Trinajstić information content (AvgIpc) is 2.84. The smallest absolute Gasteiger partial charge is 0.169 e. The van der Waals surface area contributed by atoms with Crippen LogP contribution in [0.2, 0.25) is 0 Å². The molecule has 2 saturated heterocycles. The molecule has 1 saturated carbocycles. The van der Waals surface area contributed by atoms with Crippen LogP contribution in [0.4, 0.5) is 0 Å². The molecule has 92 valence electrons. The molecule has 0 aromatic carbocycles. The van der Waals surface area contributed by atoms with Crippen LogP contribution in [-0.2, 0) is 9.47 Å². The van der Waals surface area contributed by atoms with E-state index in [0.717, 1.165) is 32.4 Å². The lowest BCUT2D eigenvalue weighted by atomic mass is 9.64. The van der Waals surface area contributed by atoms with Crippen LogP contribution in [0.25, 0.3) is 0 Å². The number of rotatable bonds is 0. The van der Waals surface area contributed by atoms with Crippen molar-refractivity contribution < 1.29 is 14.6 Å². The second kappa shape index (κ2) is 3.67. The summed E-state index contributed by atoms with van der Waals surface area (Å²) in [6.07, 6.45) is 2.26. The lowest BCUT2D eigenvalue weighted by molar-refractivity contribution is -0.226. The predicted octanol–water partition coefficient (Wildman–Crippen LogP) is 0.500. The third kappa shape index (κ3) is 1.44. The first kappa shape index (κ1) is 11.0. The van der Waals surface area contributed by atoms with Crippen LogP contribution >= 0.6 is 0 Å². The zero-order valence-corrected chi connectivity index (χ0v) is 9.87. The normalized spacial score (nSPS) is 46.9. The summed E-state index contributed by atoms with van der Waals surface area (Å²) >= 11 is 0. The minimum atomic E-state index is -0.389. The summed E-state index contributed by atoms with van der Waals surface area (Å²) in [5, 5.41) is 13.7. The van der Waals surface area contributed by atoms with E-state index in [2.05, 4.69) is 12.2 Å². The molecule has 0 bridgehead atoms. The Hall–Kier alpha value is -0.160. The molecule has 0 amide bonds. The summed E-state index contributed by atoms with van der Waals surface area (Å²) in [6, 6.07) is 0. The third-order valence-corrected chi connectivity index (χ3v) is 4.76. The SMILES string of the molecule is CC1CNCC12CC1(CCC2O)OCCO1. The number of aliphatic hydroxyl groups is 1. The van der Waals surface area contributed by atoms with Crippen molar-refractivity contribution in [3.8, 4) is 0 Å². The van der Waals surface area contributed by atoms with E-state index < -0.39 is 0 Å². The van der Waals surface area contributed by atoms with Gasteiger partial charge in [0.15, 0.2) is 5.79 Å². The fourth-order valence-corrected chi connectivity index (χ4v) is 3.68. The second-order valence-electron chi connectivity index (χ2n) is 5.60. The first-order valence-electron chi connectivity index (χ1n) is 6.34. The van der Waals surface area contributed by atoms with Gasteiger partial charge in [0.1, 0.15) is 0 Å². The minimum Gasteiger partial charge on any atom is -0.392 e. The van der Waals surface area contributed by atoms with Gasteiger partial charge in [0.05, 0.1) is 19.3 Å². The summed E-state index contributed by atoms with van der Waals surface area (Å²) in [6.45, 7) is 5.51. The van der Waals surface area contributed by atoms with Crippen molar-refractivity contribution in [2.45, 2.75) is 38.1 Å². The van der Waals surface area contributed by atoms with Gasteiger partial charge in [-0.3, -0.25) is 0 Å². The molecule has 2 heterocycles. The monoisotopic (exact) mass is 227 g/mol. The lowest BCUT2D eigenvalue weighted by Gasteiger charge is -2.48. The van der Waals surface area contributed by atoms with Crippen LogP contribution < -0.4 is 5.32 Å². The molecule has 0 radical (unpaired) electrons. The van der Waals surface area contributed by atoms with Gasteiger partial charge in [-0.1, -0.05) is 6.92 Å². The van der Waals surface area contributed by atoms with Gasteiger partial charge in [0.2, 0.25) is 0 Å². The quantitative estimate of drug-likeness (QED) is 0.633. The maximum absolute atomic E-state index is 10.3. The Morgan fingerprint density at radius 3 is 2.69 bits per heavy atom. The van der Waals surface area contributed by atoms with E-state index >= 15 is 0 Å². The van der Waals surface area contributed by atoms with Crippen LogP contribution in [0.15, 0.2) is 0 Å². The molecule has 3 atom stereocenters. The van der Waals surface area contributed by atoms with Gasteiger partial charge in [-0.15, -0.1) is 0 Å². The number of hydrogen-bond acceptors (Lipinski definition) is 4. The number of ether oxygens (including phenoxy) is 2. The fraction of sp³-hybridized carbons (Fsp3) is 1.00. The second-order valence-corrected chi connectivity index (χ2v) is 5.60. The first-order valence-corrected chi connectivity index (χ1v) is 6.34. The Morgan fingerprint density at radius 1 is 1.31 bits per heavy atom. The minimum absolute atomic E-state index is 0.0391. The standard InChI is InChI=1S/C12H21NO3/c1-9-6-13-8-11(9)7-12(3-2-10(11)14)15-4-5-16-12/h9-10,13-14H,2-8H2,1H3. The van der Waals surface area contributed by atoms with Gasteiger partial charge in [-0.2, -0.15) is 0 Å². The van der Waals surface area contributed by atoms with Gasteiger partial charge >= 0.3 is 0 Å². The van der Waals surface area contributed by atoms with E-state index in [0.29, 0.717) is 19.1 Å². The molecule has 3 rings (SSSR count). The number of nitrogens with one attached hydrogen (secondary N) is 1. The third-order valence-electron chi connectivity index (χ3n) is 4.76. The van der Waals surface area contributed by atoms with Gasteiger partial charge in [0.25, 0.3) is 0 Å². The molecule has 0 aromatic heterocycles. The largest absolute Gasteiger partial charge is 0.392 e. The zero-order valence-electron chi connectivity index (χ0n) is 9.87. The molecule has 2 N–H and O–H groups in total.